The lowest BCUT2D eigenvalue weighted by molar-refractivity contribution is 0.311. The fraction of sp³-hybridized carbons (Fsp3) is 0.429. The second-order valence-corrected chi connectivity index (χ2v) is 4.60. The highest BCUT2D eigenvalue weighted by atomic mass is 19.1. The summed E-state index contributed by atoms with van der Waals surface area (Å²) < 4.78 is 19.1. The molecule has 2 aromatic rings. The van der Waals surface area contributed by atoms with E-state index in [2.05, 4.69) is 15.4 Å². The molecule has 0 radical (unpaired) electrons. The molecule has 0 amide bonds. The van der Waals surface area contributed by atoms with Gasteiger partial charge in [0, 0.05) is 5.56 Å². The van der Waals surface area contributed by atoms with Gasteiger partial charge in [-0.25, -0.2) is 4.39 Å². The molecule has 0 saturated heterocycles. The maximum Gasteiger partial charge on any atom is 0.123 e. The molecule has 2 rings (SSSR count). The van der Waals surface area contributed by atoms with Gasteiger partial charge in [0.25, 0.3) is 0 Å². The summed E-state index contributed by atoms with van der Waals surface area (Å²) in [6.07, 6.45) is 3.30. The van der Waals surface area contributed by atoms with E-state index in [-0.39, 0.29) is 11.7 Å². The zero-order valence-electron chi connectivity index (χ0n) is 11.2. The zero-order chi connectivity index (χ0) is 13.7. The first-order valence-electron chi connectivity index (χ1n) is 6.47. The van der Waals surface area contributed by atoms with Crippen molar-refractivity contribution in [1.29, 1.82) is 0 Å². The van der Waals surface area contributed by atoms with Crippen molar-refractivity contribution in [2.24, 2.45) is 0 Å². The van der Waals surface area contributed by atoms with Crippen molar-refractivity contribution >= 4 is 0 Å². The molecular formula is C14H18FN3O. The maximum absolute atomic E-state index is 13.4. The van der Waals surface area contributed by atoms with Crippen LogP contribution in [0.15, 0.2) is 24.4 Å². The summed E-state index contributed by atoms with van der Waals surface area (Å²) in [6, 6.07) is 4.66. The van der Waals surface area contributed by atoms with Crippen LogP contribution in [-0.2, 0) is 6.42 Å². The minimum Gasteiger partial charge on any atom is -0.493 e. The Hall–Kier alpha value is -1.91. The Morgan fingerprint density at radius 3 is 2.95 bits per heavy atom. The smallest absolute Gasteiger partial charge is 0.123 e. The van der Waals surface area contributed by atoms with E-state index in [9.17, 15) is 4.39 Å². The predicted molar refractivity (Wildman–Crippen MR) is 70.7 cm³/mol. The van der Waals surface area contributed by atoms with Crippen LogP contribution >= 0.6 is 0 Å². The Labute approximate surface area is 112 Å². The van der Waals surface area contributed by atoms with Crippen LogP contribution in [0.3, 0.4) is 0 Å². The Kier molecular flexibility index (Phi) is 4.49. The van der Waals surface area contributed by atoms with Crippen molar-refractivity contribution < 1.29 is 9.13 Å². The Morgan fingerprint density at radius 2 is 2.26 bits per heavy atom. The SMILES string of the molecule is CCCOc1ccc(F)cc1C(C)Cc1cn[nH]n1. The second kappa shape index (κ2) is 6.31. The van der Waals surface area contributed by atoms with Crippen LogP contribution in [0.4, 0.5) is 4.39 Å². The summed E-state index contributed by atoms with van der Waals surface area (Å²) in [7, 11) is 0. The Morgan fingerprint density at radius 1 is 1.42 bits per heavy atom. The molecule has 1 unspecified atom stereocenters. The van der Waals surface area contributed by atoms with Crippen molar-refractivity contribution in [3.63, 3.8) is 0 Å². The highest BCUT2D eigenvalue weighted by Crippen LogP contribution is 2.29. The molecule has 1 N–H and O–H groups in total. The van der Waals surface area contributed by atoms with Crippen LogP contribution in [0.1, 0.15) is 37.4 Å². The first kappa shape index (κ1) is 13.5. The number of ether oxygens (including phenoxy) is 1. The van der Waals surface area contributed by atoms with E-state index in [0.29, 0.717) is 13.0 Å². The van der Waals surface area contributed by atoms with E-state index in [1.165, 1.54) is 12.1 Å². The average Bonchev–Trinajstić information content (AvgIpc) is 2.90. The summed E-state index contributed by atoms with van der Waals surface area (Å²) in [5.41, 5.74) is 1.73. The number of benzene rings is 1. The molecule has 0 fully saturated rings. The summed E-state index contributed by atoms with van der Waals surface area (Å²) in [4.78, 5) is 0. The van der Waals surface area contributed by atoms with Crippen molar-refractivity contribution in [2.45, 2.75) is 32.6 Å². The number of aromatic nitrogens is 3. The minimum atomic E-state index is -0.245. The highest BCUT2D eigenvalue weighted by molar-refractivity contribution is 5.37. The van der Waals surface area contributed by atoms with Crippen LogP contribution in [0, 0.1) is 5.82 Å². The number of halogens is 1. The van der Waals surface area contributed by atoms with Gasteiger partial charge in [0.05, 0.1) is 18.5 Å². The molecule has 0 spiro atoms. The van der Waals surface area contributed by atoms with Crippen LogP contribution in [0.2, 0.25) is 0 Å². The third-order valence-corrected chi connectivity index (χ3v) is 2.94. The lowest BCUT2D eigenvalue weighted by Gasteiger charge is -2.16. The van der Waals surface area contributed by atoms with Crippen LogP contribution in [-0.4, -0.2) is 22.0 Å². The monoisotopic (exact) mass is 263 g/mol. The number of aromatic amines is 1. The van der Waals surface area contributed by atoms with E-state index in [4.69, 9.17) is 4.74 Å². The van der Waals surface area contributed by atoms with Gasteiger partial charge in [-0.3, -0.25) is 0 Å². The normalized spacial score (nSPS) is 12.4. The van der Waals surface area contributed by atoms with E-state index >= 15 is 0 Å². The molecule has 0 saturated carbocycles. The molecule has 4 nitrogen and oxygen atoms in total. The topological polar surface area (TPSA) is 50.8 Å². The van der Waals surface area contributed by atoms with E-state index in [0.717, 1.165) is 23.4 Å². The van der Waals surface area contributed by atoms with E-state index < -0.39 is 0 Å². The van der Waals surface area contributed by atoms with Crippen molar-refractivity contribution in [3.05, 3.63) is 41.5 Å². The summed E-state index contributed by atoms with van der Waals surface area (Å²) in [5.74, 6) is 0.623. The predicted octanol–water partition coefficient (Wildman–Crippen LogP) is 3.08. The molecule has 0 aliphatic heterocycles. The van der Waals surface area contributed by atoms with Gasteiger partial charge in [-0.1, -0.05) is 13.8 Å². The lowest BCUT2D eigenvalue weighted by atomic mass is 9.95. The van der Waals surface area contributed by atoms with Gasteiger partial charge in [0.2, 0.25) is 0 Å². The molecule has 0 aliphatic carbocycles. The van der Waals surface area contributed by atoms with Crippen LogP contribution < -0.4 is 4.74 Å². The van der Waals surface area contributed by atoms with Crippen LogP contribution in [0.25, 0.3) is 0 Å². The van der Waals surface area contributed by atoms with Gasteiger partial charge >= 0.3 is 0 Å². The fourth-order valence-corrected chi connectivity index (χ4v) is 2.00. The summed E-state index contributed by atoms with van der Waals surface area (Å²) >= 11 is 0. The first-order chi connectivity index (χ1) is 9.20. The molecule has 0 bridgehead atoms. The Balaban J connectivity index is 2.18. The van der Waals surface area contributed by atoms with Crippen molar-refractivity contribution in [1.82, 2.24) is 15.4 Å². The number of rotatable bonds is 6. The molecule has 1 heterocycles. The minimum absolute atomic E-state index is 0.118. The molecule has 19 heavy (non-hydrogen) atoms. The number of nitrogens with zero attached hydrogens (tertiary/aromatic N) is 2. The van der Waals surface area contributed by atoms with Crippen molar-refractivity contribution in [2.75, 3.05) is 6.61 Å². The van der Waals surface area contributed by atoms with E-state index in [1.54, 1.807) is 12.3 Å². The lowest BCUT2D eigenvalue weighted by Crippen LogP contribution is -2.05. The van der Waals surface area contributed by atoms with Gasteiger partial charge in [-0.2, -0.15) is 15.4 Å². The number of hydrogen-bond acceptors (Lipinski definition) is 3. The summed E-state index contributed by atoms with van der Waals surface area (Å²) in [5, 5.41) is 10.4. The molecule has 1 aromatic heterocycles. The standard InChI is InChI=1S/C14H18FN3O/c1-3-6-19-14-5-4-11(15)8-13(14)10(2)7-12-9-16-18-17-12/h4-5,8-10H,3,6-7H2,1-2H3,(H,16,17,18). The largest absolute Gasteiger partial charge is 0.493 e. The van der Waals surface area contributed by atoms with Gasteiger partial charge < -0.3 is 4.74 Å². The zero-order valence-corrected chi connectivity index (χ0v) is 11.2. The molecule has 5 heteroatoms. The quantitative estimate of drug-likeness (QED) is 0.871. The molecule has 102 valence electrons. The maximum atomic E-state index is 13.4. The first-order valence-corrected chi connectivity index (χ1v) is 6.47. The van der Waals surface area contributed by atoms with E-state index in [1.807, 2.05) is 13.8 Å². The summed E-state index contributed by atoms with van der Waals surface area (Å²) in [6.45, 7) is 4.71. The fourth-order valence-electron chi connectivity index (χ4n) is 2.00. The molecule has 1 atom stereocenters. The average molecular weight is 263 g/mol. The molecule has 0 aliphatic rings. The van der Waals surface area contributed by atoms with Gasteiger partial charge in [0.1, 0.15) is 11.6 Å². The second-order valence-electron chi connectivity index (χ2n) is 4.60. The number of H-pyrrole nitrogens is 1. The highest BCUT2D eigenvalue weighted by Gasteiger charge is 2.15. The van der Waals surface area contributed by atoms with Crippen molar-refractivity contribution in [3.8, 4) is 5.75 Å². The number of hydrogen-bond donors (Lipinski definition) is 1. The van der Waals surface area contributed by atoms with Crippen LogP contribution in [0.5, 0.6) is 5.75 Å². The molecule has 1 aromatic carbocycles. The molecular weight excluding hydrogens is 245 g/mol. The van der Waals surface area contributed by atoms with Gasteiger partial charge in [-0.15, -0.1) is 0 Å². The number of nitrogens with one attached hydrogen (secondary N) is 1. The third kappa shape index (κ3) is 3.53. The van der Waals surface area contributed by atoms with Gasteiger partial charge in [-0.05, 0) is 37.0 Å². The third-order valence-electron chi connectivity index (χ3n) is 2.94. The van der Waals surface area contributed by atoms with Gasteiger partial charge in [0.15, 0.2) is 0 Å². The Bertz CT molecular complexity index is 513.